The summed E-state index contributed by atoms with van der Waals surface area (Å²) in [6.45, 7) is 8.70. The topological polar surface area (TPSA) is 84.0 Å². The van der Waals surface area contributed by atoms with E-state index in [9.17, 15) is 9.59 Å². The molecule has 7 nitrogen and oxygen atoms in total. The molecule has 1 heterocycles. The number of unbranched alkanes of at least 4 members (excludes halogenated alkanes) is 3. The van der Waals surface area contributed by atoms with Crippen molar-refractivity contribution in [2.24, 2.45) is 0 Å². The Hall–Kier alpha value is -4.13. The van der Waals surface area contributed by atoms with Crippen LogP contribution in [0.2, 0.25) is 0 Å². The molecule has 7 heteroatoms. The fourth-order valence-electron chi connectivity index (χ4n) is 3.39. The van der Waals surface area contributed by atoms with E-state index in [-0.39, 0.29) is 5.97 Å². The Morgan fingerprint density at radius 3 is 2.05 bits per heavy atom. The van der Waals surface area contributed by atoms with Gasteiger partial charge in [-0.2, -0.15) is 0 Å². The van der Waals surface area contributed by atoms with Crippen LogP contribution >= 0.6 is 0 Å². The van der Waals surface area contributed by atoms with Crippen LogP contribution in [0.4, 0.5) is 0 Å². The third-order valence-electron chi connectivity index (χ3n) is 5.39. The van der Waals surface area contributed by atoms with Crippen LogP contribution in [0, 0.1) is 0 Å². The number of carbonyl (C=O) groups is 2. The van der Waals surface area contributed by atoms with E-state index in [1.807, 2.05) is 31.2 Å². The Bertz CT molecular complexity index is 1150. The van der Waals surface area contributed by atoms with Crippen LogP contribution in [0.5, 0.6) is 17.2 Å². The first-order chi connectivity index (χ1) is 18.0. The van der Waals surface area contributed by atoms with Crippen LogP contribution in [0.1, 0.15) is 49.9 Å². The van der Waals surface area contributed by atoms with Crippen LogP contribution in [0.3, 0.4) is 0 Å². The van der Waals surface area contributed by atoms with Gasteiger partial charge in [0.05, 0.1) is 37.3 Å². The summed E-state index contributed by atoms with van der Waals surface area (Å²) in [6.07, 6.45) is 5.32. The predicted octanol–water partition coefficient (Wildman–Crippen LogP) is 6.43. The van der Waals surface area contributed by atoms with Crippen LogP contribution in [-0.4, -0.2) is 36.7 Å². The zero-order valence-corrected chi connectivity index (χ0v) is 21.4. The third-order valence-corrected chi connectivity index (χ3v) is 5.39. The zero-order valence-electron chi connectivity index (χ0n) is 21.4. The van der Waals surface area contributed by atoms with Gasteiger partial charge in [-0.3, -0.25) is 4.98 Å². The van der Waals surface area contributed by atoms with Gasteiger partial charge in [-0.25, -0.2) is 9.59 Å². The molecule has 0 bridgehead atoms. The van der Waals surface area contributed by atoms with Gasteiger partial charge in [0, 0.05) is 11.1 Å². The minimum Gasteiger partial charge on any atom is -0.494 e. The number of hydrogen-bond acceptors (Lipinski definition) is 7. The second kappa shape index (κ2) is 14.4. The first kappa shape index (κ1) is 27.5. The molecule has 0 unspecified atom stereocenters. The van der Waals surface area contributed by atoms with Gasteiger partial charge >= 0.3 is 11.9 Å². The number of ether oxygens (including phenoxy) is 4. The molecule has 2 aromatic carbocycles. The molecule has 0 spiro atoms. The Kier molecular flexibility index (Phi) is 10.7. The van der Waals surface area contributed by atoms with E-state index in [0.717, 1.165) is 42.7 Å². The highest BCUT2D eigenvalue weighted by Crippen LogP contribution is 2.23. The predicted molar refractivity (Wildman–Crippen MR) is 142 cm³/mol. The smallest absolute Gasteiger partial charge is 0.343 e. The lowest BCUT2D eigenvalue weighted by molar-refractivity contribution is -0.139. The summed E-state index contributed by atoms with van der Waals surface area (Å²) >= 11 is 0. The lowest BCUT2D eigenvalue weighted by Crippen LogP contribution is -2.08. The normalized spacial score (nSPS) is 10.4. The van der Waals surface area contributed by atoms with Gasteiger partial charge in [0.25, 0.3) is 0 Å². The van der Waals surface area contributed by atoms with Gasteiger partial charge in [0.1, 0.15) is 17.2 Å². The summed E-state index contributed by atoms with van der Waals surface area (Å²) in [6, 6.07) is 17.9. The van der Waals surface area contributed by atoms with Crippen LogP contribution < -0.4 is 14.2 Å². The van der Waals surface area contributed by atoms with Gasteiger partial charge in [-0.15, -0.1) is 0 Å². The molecule has 3 aromatic rings. The molecular formula is C30H33NO6. The molecule has 0 aliphatic carbocycles. The summed E-state index contributed by atoms with van der Waals surface area (Å²) in [7, 11) is 0. The number of carbonyl (C=O) groups excluding carboxylic acids is 2. The fourth-order valence-corrected chi connectivity index (χ4v) is 3.39. The quantitative estimate of drug-likeness (QED) is 0.109. The molecular weight excluding hydrogens is 470 g/mol. The number of benzene rings is 2. The maximum atomic E-state index is 12.5. The minimum absolute atomic E-state index is 0.342. The molecule has 194 valence electrons. The lowest BCUT2D eigenvalue weighted by atomic mass is 10.1. The van der Waals surface area contributed by atoms with E-state index in [0.29, 0.717) is 42.5 Å². The fraction of sp³-hybridized carbons (Fsp3) is 0.300. The first-order valence-corrected chi connectivity index (χ1v) is 12.4. The SMILES string of the molecule is C=C(C)C(=O)OCCCCCCOc1ccc(C(=O)Oc2ccc(-c3ccc(OCC)cn3)cc2)cc1. The number of rotatable bonds is 14. The molecule has 0 radical (unpaired) electrons. The third kappa shape index (κ3) is 9.11. The average Bonchev–Trinajstić information content (AvgIpc) is 2.91. The van der Waals surface area contributed by atoms with Crippen molar-refractivity contribution in [3.8, 4) is 28.5 Å². The molecule has 0 aliphatic heterocycles. The molecule has 0 amide bonds. The second-order valence-electron chi connectivity index (χ2n) is 8.43. The maximum Gasteiger partial charge on any atom is 0.343 e. The molecule has 3 rings (SSSR count). The van der Waals surface area contributed by atoms with Gasteiger partial charge in [-0.05, 0) is 100 Å². The highest BCUT2D eigenvalue weighted by molar-refractivity contribution is 5.91. The minimum atomic E-state index is -0.439. The Balaban J connectivity index is 1.38. The largest absolute Gasteiger partial charge is 0.494 e. The Labute approximate surface area is 218 Å². The van der Waals surface area contributed by atoms with Crippen molar-refractivity contribution in [1.29, 1.82) is 0 Å². The number of hydrogen-bond donors (Lipinski definition) is 0. The number of pyridine rings is 1. The summed E-state index contributed by atoms with van der Waals surface area (Å²) in [5, 5.41) is 0. The van der Waals surface area contributed by atoms with Gasteiger partial charge < -0.3 is 18.9 Å². The van der Waals surface area contributed by atoms with E-state index in [1.54, 1.807) is 49.5 Å². The van der Waals surface area contributed by atoms with Crippen molar-refractivity contribution < 1.29 is 28.5 Å². The van der Waals surface area contributed by atoms with Crippen molar-refractivity contribution in [2.75, 3.05) is 19.8 Å². The molecule has 0 fully saturated rings. The van der Waals surface area contributed by atoms with Crippen molar-refractivity contribution in [1.82, 2.24) is 4.98 Å². The summed E-state index contributed by atoms with van der Waals surface area (Å²) in [5.41, 5.74) is 2.57. The van der Waals surface area contributed by atoms with E-state index in [2.05, 4.69) is 11.6 Å². The van der Waals surface area contributed by atoms with E-state index in [4.69, 9.17) is 18.9 Å². The second-order valence-corrected chi connectivity index (χ2v) is 8.43. The molecule has 0 saturated carbocycles. The standard InChI is InChI=1S/C30H33NO6/c1-4-34-27-17-18-28(31-21-27)23-9-15-26(16-10-23)37-30(33)24-11-13-25(14-12-24)35-19-7-5-6-8-20-36-29(32)22(2)3/h9-18,21H,2,4-8,19-20H2,1,3H3. The highest BCUT2D eigenvalue weighted by Gasteiger charge is 2.10. The Morgan fingerprint density at radius 1 is 0.784 bits per heavy atom. The molecule has 0 aliphatic rings. The molecule has 0 saturated heterocycles. The van der Waals surface area contributed by atoms with E-state index >= 15 is 0 Å². The lowest BCUT2D eigenvalue weighted by Gasteiger charge is -2.09. The van der Waals surface area contributed by atoms with E-state index in [1.165, 1.54) is 0 Å². The summed E-state index contributed by atoms with van der Waals surface area (Å²) < 4.78 is 21.7. The van der Waals surface area contributed by atoms with Crippen LogP contribution in [0.15, 0.2) is 79.0 Å². The molecule has 0 N–H and O–H groups in total. The van der Waals surface area contributed by atoms with Crippen LogP contribution in [0.25, 0.3) is 11.3 Å². The highest BCUT2D eigenvalue weighted by atomic mass is 16.5. The molecule has 1 aromatic heterocycles. The number of esters is 2. The van der Waals surface area contributed by atoms with Crippen molar-refractivity contribution in [3.63, 3.8) is 0 Å². The number of aromatic nitrogens is 1. The van der Waals surface area contributed by atoms with E-state index < -0.39 is 5.97 Å². The van der Waals surface area contributed by atoms with Gasteiger partial charge in [0.2, 0.25) is 0 Å². The van der Waals surface area contributed by atoms with Crippen molar-refractivity contribution in [3.05, 3.63) is 84.6 Å². The number of nitrogens with zero attached hydrogens (tertiary/aromatic N) is 1. The summed E-state index contributed by atoms with van der Waals surface area (Å²) in [5.74, 6) is 1.09. The van der Waals surface area contributed by atoms with Crippen LogP contribution in [-0.2, 0) is 9.53 Å². The van der Waals surface area contributed by atoms with Gasteiger partial charge in [0.15, 0.2) is 0 Å². The average molecular weight is 504 g/mol. The Morgan fingerprint density at radius 2 is 1.43 bits per heavy atom. The van der Waals surface area contributed by atoms with Crippen molar-refractivity contribution in [2.45, 2.75) is 39.5 Å². The van der Waals surface area contributed by atoms with Crippen molar-refractivity contribution >= 4 is 11.9 Å². The van der Waals surface area contributed by atoms with Gasteiger partial charge in [-0.1, -0.05) is 6.58 Å². The summed E-state index contributed by atoms with van der Waals surface area (Å²) in [4.78, 5) is 28.2. The first-order valence-electron chi connectivity index (χ1n) is 12.4. The maximum absolute atomic E-state index is 12.5. The zero-order chi connectivity index (χ0) is 26.5. The molecule has 0 atom stereocenters. The monoisotopic (exact) mass is 503 g/mol. The molecule has 37 heavy (non-hydrogen) atoms.